The first-order valence-electron chi connectivity index (χ1n) is 8.37. The number of aliphatic hydroxyl groups excluding tert-OH is 1. The van der Waals surface area contributed by atoms with Crippen LogP contribution in [0.3, 0.4) is 0 Å². The largest absolute Gasteiger partial charge is 0.461 e. The summed E-state index contributed by atoms with van der Waals surface area (Å²) in [5.74, 6) is -0.748. The van der Waals surface area contributed by atoms with Gasteiger partial charge in [-0.3, -0.25) is 9.59 Å². The van der Waals surface area contributed by atoms with E-state index in [1.807, 2.05) is 34.6 Å². The van der Waals surface area contributed by atoms with E-state index in [-0.39, 0.29) is 35.6 Å². The molecule has 0 aliphatic heterocycles. The van der Waals surface area contributed by atoms with Gasteiger partial charge in [0, 0.05) is 11.3 Å². The summed E-state index contributed by atoms with van der Waals surface area (Å²) < 4.78 is 5.83. The third kappa shape index (κ3) is 2.89. The zero-order valence-electron chi connectivity index (χ0n) is 14.8. The van der Waals surface area contributed by atoms with Crippen molar-refractivity contribution in [3.63, 3.8) is 0 Å². The van der Waals surface area contributed by atoms with Crippen LogP contribution >= 0.6 is 0 Å². The van der Waals surface area contributed by atoms with Crippen LogP contribution in [-0.2, 0) is 14.3 Å². The lowest BCUT2D eigenvalue weighted by molar-refractivity contribution is -0.161. The van der Waals surface area contributed by atoms with E-state index in [1.54, 1.807) is 0 Å². The summed E-state index contributed by atoms with van der Waals surface area (Å²) >= 11 is 0. The number of aliphatic hydroxyl groups is 1. The minimum atomic E-state index is -1.04. The topological polar surface area (TPSA) is 63.6 Å². The maximum Gasteiger partial charge on any atom is 0.308 e. The summed E-state index contributed by atoms with van der Waals surface area (Å²) in [6, 6.07) is 0. The Morgan fingerprint density at radius 2 is 2.09 bits per heavy atom. The monoisotopic (exact) mass is 320 g/mol. The first-order valence-corrected chi connectivity index (χ1v) is 8.37. The number of esters is 1. The van der Waals surface area contributed by atoms with Crippen LogP contribution in [-0.4, -0.2) is 29.1 Å². The number of allylic oxidation sites excluding steroid dienone is 1. The molecule has 0 bridgehead atoms. The summed E-state index contributed by atoms with van der Waals surface area (Å²) in [5.41, 5.74) is 1.48. The first kappa shape index (κ1) is 17.9. The average Bonchev–Trinajstić information content (AvgIpc) is 2.84. The number of rotatable bonds is 3. The number of hydrogen-bond acceptors (Lipinski definition) is 4. The molecule has 4 heteroatoms. The van der Waals surface area contributed by atoms with E-state index in [0.29, 0.717) is 6.42 Å². The van der Waals surface area contributed by atoms with Gasteiger partial charge in [0.05, 0.1) is 5.92 Å². The molecule has 128 valence electrons. The Morgan fingerprint density at radius 1 is 1.48 bits per heavy atom. The van der Waals surface area contributed by atoms with E-state index < -0.39 is 11.5 Å². The van der Waals surface area contributed by atoms with Gasteiger partial charge < -0.3 is 9.84 Å². The van der Waals surface area contributed by atoms with Gasteiger partial charge in [0.25, 0.3) is 0 Å². The molecule has 0 amide bonds. The molecule has 2 rings (SSSR count). The Hall–Kier alpha value is -1.42. The molecule has 1 N–H and O–H groups in total. The SMILES string of the molecule is C=C(C)[C@@H]1C[C@@H](OC(=O)C(C)C)[C@]2(C1)C(C)=CC(=O)[C@H](O)[C@H]2C. The zero-order valence-corrected chi connectivity index (χ0v) is 14.8. The van der Waals surface area contributed by atoms with Gasteiger partial charge in [0.2, 0.25) is 0 Å². The normalized spacial score (nSPS) is 37.2. The van der Waals surface area contributed by atoms with Gasteiger partial charge in [-0.15, -0.1) is 0 Å². The summed E-state index contributed by atoms with van der Waals surface area (Å²) in [6.45, 7) is 13.5. The molecule has 0 radical (unpaired) electrons. The molecule has 4 nitrogen and oxygen atoms in total. The summed E-state index contributed by atoms with van der Waals surface area (Å²) in [4.78, 5) is 24.1. The molecule has 2 aliphatic carbocycles. The van der Waals surface area contributed by atoms with Gasteiger partial charge >= 0.3 is 5.97 Å². The molecule has 0 saturated heterocycles. The number of carbonyl (C=O) groups excluding carboxylic acids is 2. The van der Waals surface area contributed by atoms with Crippen LogP contribution < -0.4 is 0 Å². The number of ether oxygens (including phenoxy) is 1. The molecular weight excluding hydrogens is 292 g/mol. The Kier molecular flexibility index (Phi) is 4.86. The fourth-order valence-corrected chi connectivity index (χ4v) is 4.11. The zero-order chi connectivity index (χ0) is 17.5. The summed E-state index contributed by atoms with van der Waals surface area (Å²) in [6.07, 6.45) is 1.62. The fourth-order valence-electron chi connectivity index (χ4n) is 4.11. The maximum atomic E-state index is 12.2. The lowest BCUT2D eigenvalue weighted by Crippen LogP contribution is -2.50. The van der Waals surface area contributed by atoms with Gasteiger partial charge in [0.1, 0.15) is 12.2 Å². The van der Waals surface area contributed by atoms with Gasteiger partial charge in [-0.05, 0) is 38.7 Å². The van der Waals surface area contributed by atoms with E-state index in [2.05, 4.69) is 6.58 Å². The Morgan fingerprint density at radius 3 is 2.61 bits per heavy atom. The number of carbonyl (C=O) groups is 2. The highest BCUT2D eigenvalue weighted by Gasteiger charge is 2.57. The predicted octanol–water partition coefficient (Wildman–Crippen LogP) is 3.05. The highest BCUT2D eigenvalue weighted by molar-refractivity contribution is 5.95. The lowest BCUT2D eigenvalue weighted by atomic mass is 9.62. The molecular formula is C19H28O4. The van der Waals surface area contributed by atoms with E-state index in [0.717, 1.165) is 17.6 Å². The predicted molar refractivity (Wildman–Crippen MR) is 88.6 cm³/mol. The van der Waals surface area contributed by atoms with Crippen LogP contribution in [0.1, 0.15) is 47.5 Å². The Labute approximate surface area is 138 Å². The molecule has 2 aliphatic rings. The van der Waals surface area contributed by atoms with Crippen molar-refractivity contribution in [1.82, 2.24) is 0 Å². The van der Waals surface area contributed by atoms with Gasteiger partial charge in [-0.2, -0.15) is 0 Å². The molecule has 5 atom stereocenters. The fraction of sp³-hybridized carbons (Fsp3) is 0.684. The molecule has 1 fully saturated rings. The second kappa shape index (κ2) is 6.23. The van der Waals surface area contributed by atoms with Crippen molar-refractivity contribution in [1.29, 1.82) is 0 Å². The molecule has 1 spiro atoms. The third-order valence-corrected chi connectivity index (χ3v) is 5.75. The molecule has 1 saturated carbocycles. The molecule has 0 unspecified atom stereocenters. The van der Waals surface area contributed by atoms with Crippen molar-refractivity contribution in [3.8, 4) is 0 Å². The lowest BCUT2D eigenvalue weighted by Gasteiger charge is -2.45. The Balaban J connectivity index is 2.45. The number of hydrogen-bond donors (Lipinski definition) is 1. The second-order valence-electron chi connectivity index (χ2n) is 7.57. The van der Waals surface area contributed by atoms with E-state index in [4.69, 9.17) is 4.74 Å². The van der Waals surface area contributed by atoms with Crippen molar-refractivity contribution in [2.24, 2.45) is 23.2 Å². The van der Waals surface area contributed by atoms with Crippen LogP contribution in [0, 0.1) is 23.2 Å². The quantitative estimate of drug-likeness (QED) is 0.641. The standard InChI is InChI=1S/C19H28O4/c1-10(2)14-8-16(23-18(22)11(3)4)19(9-14)12(5)7-15(20)17(21)13(19)6/h7,11,13-14,16-17,21H,1,8-9H2,2-6H3/t13-,14-,16-,17-,19-/m1/s1. The molecule has 0 aromatic rings. The van der Waals surface area contributed by atoms with E-state index in [1.165, 1.54) is 6.08 Å². The summed E-state index contributed by atoms with van der Waals surface area (Å²) in [7, 11) is 0. The van der Waals surface area contributed by atoms with Crippen molar-refractivity contribution in [2.75, 3.05) is 0 Å². The van der Waals surface area contributed by atoms with Crippen molar-refractivity contribution < 1.29 is 19.4 Å². The molecule has 0 heterocycles. The van der Waals surface area contributed by atoms with Gasteiger partial charge in [-0.1, -0.05) is 38.5 Å². The average molecular weight is 320 g/mol. The van der Waals surface area contributed by atoms with Crippen LogP contribution in [0.2, 0.25) is 0 Å². The van der Waals surface area contributed by atoms with Crippen LogP contribution in [0.5, 0.6) is 0 Å². The second-order valence-corrected chi connectivity index (χ2v) is 7.57. The number of ketones is 1. The molecule has 0 aromatic carbocycles. The maximum absolute atomic E-state index is 12.2. The highest BCUT2D eigenvalue weighted by Crippen LogP contribution is 2.57. The highest BCUT2D eigenvalue weighted by atomic mass is 16.5. The van der Waals surface area contributed by atoms with Crippen molar-refractivity contribution >= 4 is 11.8 Å². The van der Waals surface area contributed by atoms with Crippen LogP contribution in [0.25, 0.3) is 0 Å². The van der Waals surface area contributed by atoms with Crippen LogP contribution in [0.4, 0.5) is 0 Å². The van der Waals surface area contributed by atoms with Crippen molar-refractivity contribution in [2.45, 2.75) is 59.7 Å². The van der Waals surface area contributed by atoms with E-state index >= 15 is 0 Å². The van der Waals surface area contributed by atoms with Crippen molar-refractivity contribution in [3.05, 3.63) is 23.8 Å². The first-order chi connectivity index (χ1) is 10.6. The minimum absolute atomic E-state index is 0.203. The third-order valence-electron chi connectivity index (χ3n) is 5.75. The summed E-state index contributed by atoms with van der Waals surface area (Å²) in [5, 5.41) is 10.3. The Bertz CT molecular complexity index is 560. The smallest absolute Gasteiger partial charge is 0.308 e. The van der Waals surface area contributed by atoms with E-state index in [9.17, 15) is 14.7 Å². The minimum Gasteiger partial charge on any atom is -0.461 e. The van der Waals surface area contributed by atoms with Gasteiger partial charge in [-0.25, -0.2) is 0 Å². The molecule has 23 heavy (non-hydrogen) atoms. The molecule has 0 aromatic heterocycles. The van der Waals surface area contributed by atoms with Gasteiger partial charge in [0.15, 0.2) is 5.78 Å². The van der Waals surface area contributed by atoms with Crippen LogP contribution in [0.15, 0.2) is 23.8 Å².